The van der Waals surface area contributed by atoms with Crippen molar-refractivity contribution >= 4 is 32.6 Å². The number of rotatable bonds is 2. The lowest BCUT2D eigenvalue weighted by Gasteiger charge is -2.03. The molecular weight excluding hydrogens is 301 g/mol. The third-order valence-electron chi connectivity index (χ3n) is 1.59. The zero-order valence-corrected chi connectivity index (χ0v) is 10.3. The molecule has 0 aliphatic carbocycles. The van der Waals surface area contributed by atoms with Crippen LogP contribution in [0.4, 0.5) is 0 Å². The second-order valence-electron chi connectivity index (χ2n) is 2.67. The molecule has 72 valence electrons. The fourth-order valence-corrected chi connectivity index (χ4v) is 2.87. The Morgan fingerprint density at radius 3 is 2.38 bits per heavy atom. The van der Waals surface area contributed by atoms with Gasteiger partial charge in [0.25, 0.3) is 0 Å². The van der Waals surface area contributed by atoms with Crippen molar-refractivity contribution in [3.8, 4) is 0 Å². The minimum atomic E-state index is -3.30. The molecule has 1 N–H and O–H groups in total. The number of hydrogen-bond donors (Lipinski definition) is 1. The van der Waals surface area contributed by atoms with E-state index >= 15 is 0 Å². The van der Waals surface area contributed by atoms with E-state index in [0.717, 1.165) is 9.13 Å². The Morgan fingerprint density at radius 1 is 1.31 bits per heavy atom. The predicted molar refractivity (Wildman–Crippen MR) is 60.1 cm³/mol. The number of sulfonamides is 1. The number of hydrogen-bond acceptors (Lipinski definition) is 2. The Morgan fingerprint density at radius 2 is 1.92 bits per heavy atom. The van der Waals surface area contributed by atoms with Crippen LogP contribution in [0.25, 0.3) is 0 Å². The third kappa shape index (κ3) is 2.65. The van der Waals surface area contributed by atoms with Gasteiger partial charge in [-0.15, -0.1) is 0 Å². The van der Waals surface area contributed by atoms with E-state index < -0.39 is 10.0 Å². The van der Waals surface area contributed by atoms with Crippen molar-refractivity contribution in [2.24, 2.45) is 0 Å². The van der Waals surface area contributed by atoms with Gasteiger partial charge in [-0.25, -0.2) is 13.1 Å². The molecule has 5 heteroatoms. The van der Waals surface area contributed by atoms with Crippen molar-refractivity contribution in [1.29, 1.82) is 0 Å². The van der Waals surface area contributed by atoms with E-state index in [1.54, 1.807) is 12.1 Å². The quantitative estimate of drug-likeness (QED) is 0.842. The Labute approximate surface area is 91.7 Å². The van der Waals surface area contributed by atoms with Crippen molar-refractivity contribution in [2.75, 3.05) is 7.05 Å². The molecule has 0 amide bonds. The van der Waals surface area contributed by atoms with Crippen LogP contribution in [0.15, 0.2) is 23.1 Å². The normalized spacial score (nSPS) is 11.6. The Bertz CT molecular complexity index is 394. The monoisotopic (exact) mass is 311 g/mol. The molecule has 0 heterocycles. The van der Waals surface area contributed by atoms with Crippen LogP contribution in [0.5, 0.6) is 0 Å². The van der Waals surface area contributed by atoms with Crippen LogP contribution in [0.3, 0.4) is 0 Å². The molecule has 0 aliphatic heterocycles. The van der Waals surface area contributed by atoms with Gasteiger partial charge in [-0.3, -0.25) is 0 Å². The molecule has 3 nitrogen and oxygen atoms in total. The van der Waals surface area contributed by atoms with Gasteiger partial charge >= 0.3 is 0 Å². The lowest BCUT2D eigenvalue weighted by atomic mass is 10.2. The summed E-state index contributed by atoms with van der Waals surface area (Å²) >= 11 is 2.10. The van der Waals surface area contributed by atoms with E-state index in [0.29, 0.717) is 4.90 Å². The minimum absolute atomic E-state index is 0.319. The Hall–Kier alpha value is -0.140. The molecular formula is C8H10INO2S. The van der Waals surface area contributed by atoms with Gasteiger partial charge in [-0.05, 0) is 60.3 Å². The summed E-state index contributed by atoms with van der Waals surface area (Å²) in [6.45, 7) is 1.87. The first kappa shape index (κ1) is 10.9. The van der Waals surface area contributed by atoms with Gasteiger partial charge < -0.3 is 0 Å². The van der Waals surface area contributed by atoms with Gasteiger partial charge in [0.1, 0.15) is 0 Å². The Balaban J connectivity index is 3.32. The zero-order valence-electron chi connectivity index (χ0n) is 7.33. The summed E-state index contributed by atoms with van der Waals surface area (Å²) in [5.41, 5.74) is 0.945. The molecule has 0 saturated carbocycles. The van der Waals surface area contributed by atoms with Crippen molar-refractivity contribution in [1.82, 2.24) is 4.72 Å². The summed E-state index contributed by atoms with van der Waals surface area (Å²) in [5, 5.41) is 0. The zero-order chi connectivity index (χ0) is 10.1. The largest absolute Gasteiger partial charge is 0.240 e. The second-order valence-corrected chi connectivity index (χ2v) is 5.80. The molecule has 0 radical (unpaired) electrons. The maximum absolute atomic E-state index is 11.4. The average molecular weight is 311 g/mol. The lowest BCUT2D eigenvalue weighted by molar-refractivity contribution is 0.588. The molecule has 0 atom stereocenters. The number of benzene rings is 1. The molecule has 1 aromatic rings. The van der Waals surface area contributed by atoms with Crippen molar-refractivity contribution in [3.05, 3.63) is 27.3 Å². The van der Waals surface area contributed by atoms with E-state index in [2.05, 4.69) is 27.3 Å². The van der Waals surface area contributed by atoms with Crippen molar-refractivity contribution < 1.29 is 8.42 Å². The lowest BCUT2D eigenvalue weighted by Crippen LogP contribution is -2.18. The Kier molecular flexibility index (Phi) is 3.31. The van der Waals surface area contributed by atoms with Gasteiger partial charge in [0.2, 0.25) is 10.0 Å². The van der Waals surface area contributed by atoms with Crippen LogP contribution in [-0.2, 0) is 10.0 Å². The van der Waals surface area contributed by atoms with Crippen LogP contribution < -0.4 is 4.72 Å². The van der Waals surface area contributed by atoms with E-state index in [1.807, 2.05) is 13.0 Å². The highest BCUT2D eigenvalue weighted by molar-refractivity contribution is 14.1. The molecule has 1 aromatic carbocycles. The summed E-state index contributed by atoms with van der Waals surface area (Å²) in [5.74, 6) is 0. The van der Waals surface area contributed by atoms with Gasteiger partial charge in [-0.2, -0.15) is 0 Å². The molecule has 0 saturated heterocycles. The fourth-order valence-electron chi connectivity index (χ4n) is 0.976. The first-order valence-corrected chi connectivity index (χ1v) is 6.22. The summed E-state index contributed by atoms with van der Waals surface area (Å²) in [6, 6.07) is 5.21. The molecule has 1 rings (SSSR count). The van der Waals surface area contributed by atoms with Crippen molar-refractivity contribution in [3.63, 3.8) is 0 Å². The van der Waals surface area contributed by atoms with E-state index in [9.17, 15) is 8.42 Å². The van der Waals surface area contributed by atoms with Gasteiger partial charge in [-0.1, -0.05) is 0 Å². The molecule has 0 unspecified atom stereocenters. The SMILES string of the molecule is CNS(=O)(=O)c1cc(C)cc(I)c1. The molecule has 0 aromatic heterocycles. The van der Waals surface area contributed by atoms with Crippen LogP contribution in [-0.4, -0.2) is 15.5 Å². The highest BCUT2D eigenvalue weighted by Crippen LogP contribution is 2.15. The van der Waals surface area contributed by atoms with E-state index in [1.165, 1.54) is 7.05 Å². The molecule has 0 aliphatic rings. The first-order chi connectivity index (χ1) is 5.95. The van der Waals surface area contributed by atoms with E-state index in [-0.39, 0.29) is 0 Å². The number of aryl methyl sites for hydroxylation is 1. The molecule has 0 spiro atoms. The minimum Gasteiger partial charge on any atom is -0.214 e. The van der Waals surface area contributed by atoms with Crippen LogP contribution in [0, 0.1) is 10.5 Å². The smallest absolute Gasteiger partial charge is 0.214 e. The molecule has 0 bridgehead atoms. The topological polar surface area (TPSA) is 46.2 Å². The maximum Gasteiger partial charge on any atom is 0.240 e. The highest BCUT2D eigenvalue weighted by atomic mass is 127. The molecule has 0 fully saturated rings. The fraction of sp³-hybridized carbons (Fsp3) is 0.250. The first-order valence-electron chi connectivity index (χ1n) is 3.66. The summed E-state index contributed by atoms with van der Waals surface area (Å²) in [7, 11) is -1.89. The second kappa shape index (κ2) is 3.93. The average Bonchev–Trinajstić information content (AvgIpc) is 2.02. The van der Waals surface area contributed by atoms with Crippen LogP contribution >= 0.6 is 22.6 Å². The number of nitrogens with one attached hydrogen (secondary N) is 1. The van der Waals surface area contributed by atoms with Crippen molar-refractivity contribution in [2.45, 2.75) is 11.8 Å². The number of halogens is 1. The maximum atomic E-state index is 11.4. The van der Waals surface area contributed by atoms with Crippen LogP contribution in [0.2, 0.25) is 0 Å². The summed E-state index contributed by atoms with van der Waals surface area (Å²) in [6.07, 6.45) is 0. The molecule has 13 heavy (non-hydrogen) atoms. The van der Waals surface area contributed by atoms with Gasteiger partial charge in [0.15, 0.2) is 0 Å². The standard InChI is InChI=1S/C8H10INO2S/c1-6-3-7(9)5-8(4-6)13(11,12)10-2/h3-5,10H,1-2H3. The predicted octanol–water partition coefficient (Wildman–Crippen LogP) is 1.51. The van der Waals surface area contributed by atoms with Gasteiger partial charge in [0, 0.05) is 3.57 Å². The summed E-state index contributed by atoms with van der Waals surface area (Å²) in [4.78, 5) is 0.319. The van der Waals surface area contributed by atoms with Gasteiger partial charge in [0.05, 0.1) is 4.90 Å². The van der Waals surface area contributed by atoms with Crippen LogP contribution in [0.1, 0.15) is 5.56 Å². The third-order valence-corrected chi connectivity index (χ3v) is 3.61. The summed E-state index contributed by atoms with van der Waals surface area (Å²) < 4.78 is 26.0. The van der Waals surface area contributed by atoms with E-state index in [4.69, 9.17) is 0 Å². The highest BCUT2D eigenvalue weighted by Gasteiger charge is 2.11.